The molecule has 106 valence electrons. The molecule has 1 aliphatic heterocycles. The van der Waals surface area contributed by atoms with E-state index >= 15 is 0 Å². The highest BCUT2D eigenvalue weighted by Gasteiger charge is 2.25. The Bertz CT molecular complexity index is 445. The number of ether oxygens (including phenoxy) is 2. The van der Waals surface area contributed by atoms with Crippen LogP contribution in [0.4, 0.5) is 0 Å². The summed E-state index contributed by atoms with van der Waals surface area (Å²) in [5.41, 5.74) is 0. The Morgan fingerprint density at radius 2 is 2.05 bits per heavy atom. The Balaban J connectivity index is 1.88. The van der Waals surface area contributed by atoms with Crippen molar-refractivity contribution in [1.29, 1.82) is 0 Å². The van der Waals surface area contributed by atoms with Crippen molar-refractivity contribution in [1.82, 2.24) is 5.32 Å². The second-order valence-electron chi connectivity index (χ2n) is 4.52. The molecule has 1 N–H and O–H groups in total. The van der Waals surface area contributed by atoms with Gasteiger partial charge < -0.3 is 14.8 Å². The molecule has 6 heteroatoms. The van der Waals surface area contributed by atoms with Gasteiger partial charge in [0.1, 0.15) is 12.4 Å². The van der Waals surface area contributed by atoms with Crippen LogP contribution in [0.5, 0.6) is 5.75 Å². The second kappa shape index (κ2) is 7.14. The molecule has 0 saturated carbocycles. The van der Waals surface area contributed by atoms with Gasteiger partial charge in [-0.15, -0.1) is 0 Å². The molecular weight excluding hydrogens is 353 g/mol. The highest BCUT2D eigenvalue weighted by atomic mass is 79.9. The molecule has 1 saturated heterocycles. The van der Waals surface area contributed by atoms with Crippen molar-refractivity contribution in [2.24, 2.45) is 0 Å². The van der Waals surface area contributed by atoms with E-state index in [-0.39, 0.29) is 12.2 Å². The van der Waals surface area contributed by atoms with Gasteiger partial charge in [0.25, 0.3) is 0 Å². The molecule has 19 heavy (non-hydrogen) atoms. The zero-order chi connectivity index (χ0) is 13.8. The number of hydrogen-bond acceptors (Lipinski definition) is 3. The molecule has 2 rings (SSSR count). The first kappa shape index (κ1) is 15.4. The summed E-state index contributed by atoms with van der Waals surface area (Å²) in [6.07, 6.45) is 2.47. The summed E-state index contributed by atoms with van der Waals surface area (Å²) in [5, 5.41) is 4.24. The van der Waals surface area contributed by atoms with Crippen LogP contribution >= 0.6 is 39.1 Å². The van der Waals surface area contributed by atoms with Gasteiger partial charge in [0, 0.05) is 17.1 Å². The quantitative estimate of drug-likeness (QED) is 0.799. The molecule has 0 aromatic heterocycles. The van der Waals surface area contributed by atoms with Crippen LogP contribution in [0.1, 0.15) is 12.8 Å². The molecular formula is C13H16BrCl2NO2. The third-order valence-electron chi connectivity index (χ3n) is 3.03. The van der Waals surface area contributed by atoms with Crippen molar-refractivity contribution in [3.05, 3.63) is 26.7 Å². The summed E-state index contributed by atoms with van der Waals surface area (Å²) in [5.74, 6) is 0.593. The van der Waals surface area contributed by atoms with Crippen LogP contribution in [-0.2, 0) is 4.74 Å². The maximum absolute atomic E-state index is 6.10. The Morgan fingerprint density at radius 3 is 2.79 bits per heavy atom. The lowest BCUT2D eigenvalue weighted by Gasteiger charge is -2.15. The van der Waals surface area contributed by atoms with E-state index in [0.29, 0.717) is 22.4 Å². The van der Waals surface area contributed by atoms with Crippen molar-refractivity contribution >= 4 is 39.1 Å². The Kier molecular flexibility index (Phi) is 5.78. The van der Waals surface area contributed by atoms with E-state index < -0.39 is 0 Å². The molecule has 2 unspecified atom stereocenters. The number of benzene rings is 1. The first-order valence-corrected chi connectivity index (χ1v) is 7.72. The van der Waals surface area contributed by atoms with Crippen LogP contribution in [0.25, 0.3) is 0 Å². The lowest BCUT2D eigenvalue weighted by atomic mass is 10.2. The van der Waals surface area contributed by atoms with Gasteiger partial charge >= 0.3 is 0 Å². The number of hydrogen-bond donors (Lipinski definition) is 1. The van der Waals surface area contributed by atoms with Gasteiger partial charge in [-0.3, -0.25) is 0 Å². The summed E-state index contributed by atoms with van der Waals surface area (Å²) < 4.78 is 12.3. The van der Waals surface area contributed by atoms with Crippen molar-refractivity contribution in [2.75, 3.05) is 20.2 Å². The smallest absolute Gasteiger partial charge is 0.139 e. The molecule has 1 aromatic rings. The maximum atomic E-state index is 6.10. The van der Waals surface area contributed by atoms with Gasteiger partial charge in [-0.1, -0.05) is 23.2 Å². The Morgan fingerprint density at radius 1 is 1.32 bits per heavy atom. The number of halogens is 3. The highest BCUT2D eigenvalue weighted by Crippen LogP contribution is 2.34. The van der Waals surface area contributed by atoms with Gasteiger partial charge in [0.05, 0.1) is 22.3 Å². The standard InChI is InChI=1S/C13H16BrCl2NO2/c1-17-6-8-2-3-9(19-8)7-18-13-5-11(15)10(14)4-12(13)16/h4-5,8-9,17H,2-3,6-7H2,1H3. The van der Waals surface area contributed by atoms with Gasteiger partial charge in [-0.2, -0.15) is 0 Å². The maximum Gasteiger partial charge on any atom is 0.139 e. The fourth-order valence-electron chi connectivity index (χ4n) is 2.08. The van der Waals surface area contributed by atoms with E-state index in [2.05, 4.69) is 21.2 Å². The first-order valence-electron chi connectivity index (χ1n) is 6.17. The summed E-state index contributed by atoms with van der Waals surface area (Å²) in [7, 11) is 1.93. The molecule has 1 heterocycles. The zero-order valence-corrected chi connectivity index (χ0v) is 13.7. The molecule has 0 spiro atoms. The summed E-state index contributed by atoms with van der Waals surface area (Å²) >= 11 is 15.4. The van der Waals surface area contributed by atoms with Gasteiger partial charge in [-0.25, -0.2) is 0 Å². The van der Waals surface area contributed by atoms with E-state index in [0.717, 1.165) is 23.9 Å². The van der Waals surface area contributed by atoms with E-state index in [4.69, 9.17) is 32.7 Å². The predicted molar refractivity (Wildman–Crippen MR) is 81.5 cm³/mol. The lowest BCUT2D eigenvalue weighted by molar-refractivity contribution is 0.0194. The average molecular weight is 369 g/mol. The van der Waals surface area contributed by atoms with Crippen molar-refractivity contribution in [3.63, 3.8) is 0 Å². The Hall–Kier alpha value is -0.0000000000000000763. The molecule has 1 aromatic carbocycles. The molecule has 1 fully saturated rings. The largest absolute Gasteiger partial charge is 0.489 e. The number of rotatable bonds is 5. The number of nitrogens with one attached hydrogen (secondary N) is 1. The van der Waals surface area contributed by atoms with Crippen LogP contribution in [-0.4, -0.2) is 32.4 Å². The van der Waals surface area contributed by atoms with Crippen LogP contribution in [0, 0.1) is 0 Å². The van der Waals surface area contributed by atoms with Gasteiger partial charge in [0.2, 0.25) is 0 Å². The topological polar surface area (TPSA) is 30.5 Å². The monoisotopic (exact) mass is 367 g/mol. The molecule has 0 bridgehead atoms. The zero-order valence-electron chi connectivity index (χ0n) is 10.6. The molecule has 0 radical (unpaired) electrons. The highest BCUT2D eigenvalue weighted by molar-refractivity contribution is 9.10. The van der Waals surface area contributed by atoms with Crippen molar-refractivity contribution < 1.29 is 9.47 Å². The van der Waals surface area contributed by atoms with Crippen molar-refractivity contribution in [2.45, 2.75) is 25.0 Å². The van der Waals surface area contributed by atoms with Gasteiger partial charge in [-0.05, 0) is 41.9 Å². The Labute approximate surface area is 131 Å². The number of likely N-dealkylation sites (N-methyl/N-ethyl adjacent to an activating group) is 1. The fourth-order valence-corrected chi connectivity index (χ4v) is 2.93. The normalized spacial score (nSPS) is 22.7. The molecule has 0 amide bonds. The molecule has 0 aliphatic carbocycles. The minimum Gasteiger partial charge on any atom is -0.489 e. The van der Waals surface area contributed by atoms with E-state index in [1.54, 1.807) is 12.1 Å². The van der Waals surface area contributed by atoms with Crippen LogP contribution in [0.3, 0.4) is 0 Å². The minimum absolute atomic E-state index is 0.122. The van der Waals surface area contributed by atoms with Gasteiger partial charge in [0.15, 0.2) is 0 Å². The summed E-state index contributed by atoms with van der Waals surface area (Å²) in [6.45, 7) is 1.37. The second-order valence-corrected chi connectivity index (χ2v) is 6.19. The molecule has 1 aliphatic rings. The third kappa shape index (κ3) is 4.23. The molecule has 2 atom stereocenters. The predicted octanol–water partition coefficient (Wildman–Crippen LogP) is 3.90. The van der Waals surface area contributed by atoms with E-state index in [1.165, 1.54) is 0 Å². The van der Waals surface area contributed by atoms with Crippen LogP contribution in [0.2, 0.25) is 10.0 Å². The summed E-state index contributed by atoms with van der Waals surface area (Å²) in [6, 6.07) is 3.45. The third-order valence-corrected chi connectivity index (χ3v) is 4.52. The molecule has 3 nitrogen and oxygen atoms in total. The minimum atomic E-state index is 0.122. The average Bonchev–Trinajstić information content (AvgIpc) is 2.80. The van der Waals surface area contributed by atoms with Crippen LogP contribution in [0.15, 0.2) is 16.6 Å². The fraction of sp³-hybridized carbons (Fsp3) is 0.538. The van der Waals surface area contributed by atoms with Crippen molar-refractivity contribution in [3.8, 4) is 5.75 Å². The van der Waals surface area contributed by atoms with E-state index in [9.17, 15) is 0 Å². The lowest BCUT2D eigenvalue weighted by Crippen LogP contribution is -2.25. The van der Waals surface area contributed by atoms with E-state index in [1.807, 2.05) is 7.05 Å². The van der Waals surface area contributed by atoms with Crippen LogP contribution < -0.4 is 10.1 Å². The summed E-state index contributed by atoms with van der Waals surface area (Å²) in [4.78, 5) is 0. The first-order chi connectivity index (χ1) is 9.10. The SMILES string of the molecule is CNCC1CCC(COc2cc(Cl)c(Br)cc2Cl)O1.